The van der Waals surface area contributed by atoms with Crippen LogP contribution in [0, 0.1) is 0 Å². The summed E-state index contributed by atoms with van der Waals surface area (Å²) < 4.78 is 9.87. The van der Waals surface area contributed by atoms with Gasteiger partial charge >= 0.3 is 5.69 Å². The van der Waals surface area contributed by atoms with Gasteiger partial charge in [-0.3, -0.25) is 13.9 Å². The number of rotatable bonds is 5. The van der Waals surface area contributed by atoms with E-state index in [-0.39, 0.29) is 18.0 Å². The molecule has 0 atom stereocenters. The van der Waals surface area contributed by atoms with Crippen LogP contribution in [0.3, 0.4) is 0 Å². The molecule has 0 spiro atoms. The topological polar surface area (TPSA) is 87.9 Å². The standard InChI is InChI=1S/C24H21N5O3S/c1-27-13-18(15-7-5-4-6-8-15)20-21(27)23(30)28(2)24(31)29(20)14-19-25-22(26-32-19)16-9-11-17(33-3)12-10-16/h4-13H,14H2,1-3H3. The highest BCUT2D eigenvalue weighted by molar-refractivity contribution is 7.98. The number of fused-ring (bicyclic) bond motifs is 1. The molecule has 8 nitrogen and oxygen atoms in total. The van der Waals surface area contributed by atoms with E-state index < -0.39 is 5.69 Å². The van der Waals surface area contributed by atoms with Crippen molar-refractivity contribution in [2.45, 2.75) is 11.4 Å². The zero-order chi connectivity index (χ0) is 23.1. The molecular formula is C24H21N5O3S. The minimum atomic E-state index is -0.444. The van der Waals surface area contributed by atoms with Crippen molar-refractivity contribution < 1.29 is 4.52 Å². The van der Waals surface area contributed by atoms with Gasteiger partial charge in [0.1, 0.15) is 12.1 Å². The number of hydrogen-bond donors (Lipinski definition) is 0. The van der Waals surface area contributed by atoms with Gasteiger partial charge in [0.05, 0.1) is 5.52 Å². The molecule has 0 amide bonds. The molecule has 3 aromatic heterocycles. The molecule has 0 aliphatic carbocycles. The third-order valence-electron chi connectivity index (χ3n) is 5.64. The van der Waals surface area contributed by atoms with Crippen LogP contribution in [0.15, 0.2) is 79.8 Å². The predicted octanol–water partition coefficient (Wildman–Crippen LogP) is 3.53. The van der Waals surface area contributed by atoms with Gasteiger partial charge in [-0.1, -0.05) is 35.5 Å². The monoisotopic (exact) mass is 459 g/mol. The van der Waals surface area contributed by atoms with Gasteiger partial charge in [-0.2, -0.15) is 4.98 Å². The van der Waals surface area contributed by atoms with Crippen LogP contribution in [0.4, 0.5) is 0 Å². The lowest BCUT2D eigenvalue weighted by molar-refractivity contribution is 0.370. The summed E-state index contributed by atoms with van der Waals surface area (Å²) >= 11 is 1.65. The summed E-state index contributed by atoms with van der Waals surface area (Å²) in [6.07, 6.45) is 3.88. The quantitative estimate of drug-likeness (QED) is 0.374. The minimum absolute atomic E-state index is 0.0448. The van der Waals surface area contributed by atoms with E-state index in [0.717, 1.165) is 26.2 Å². The predicted molar refractivity (Wildman–Crippen MR) is 128 cm³/mol. The van der Waals surface area contributed by atoms with Gasteiger partial charge in [0.2, 0.25) is 11.7 Å². The third-order valence-corrected chi connectivity index (χ3v) is 6.39. The van der Waals surface area contributed by atoms with Crippen molar-refractivity contribution >= 4 is 22.8 Å². The van der Waals surface area contributed by atoms with Gasteiger partial charge in [-0.25, -0.2) is 4.79 Å². The molecule has 9 heteroatoms. The SMILES string of the molecule is CSc1ccc(-c2noc(Cn3c(=O)n(C)c(=O)c4c3c(-c3ccccc3)cn4C)n2)cc1. The van der Waals surface area contributed by atoms with E-state index in [4.69, 9.17) is 4.52 Å². The normalized spacial score (nSPS) is 11.4. The van der Waals surface area contributed by atoms with E-state index in [9.17, 15) is 9.59 Å². The van der Waals surface area contributed by atoms with Gasteiger partial charge in [0, 0.05) is 36.3 Å². The summed E-state index contributed by atoms with van der Waals surface area (Å²) in [6.45, 7) is 0.0448. The van der Waals surface area contributed by atoms with Crippen LogP contribution in [0.5, 0.6) is 0 Å². The minimum Gasteiger partial charge on any atom is -0.344 e. The zero-order valence-electron chi connectivity index (χ0n) is 18.3. The van der Waals surface area contributed by atoms with E-state index in [0.29, 0.717) is 16.9 Å². The van der Waals surface area contributed by atoms with Crippen molar-refractivity contribution in [3.63, 3.8) is 0 Å². The maximum atomic E-state index is 13.2. The molecular weight excluding hydrogens is 438 g/mol. The average Bonchev–Trinajstić information content (AvgIpc) is 3.45. The fourth-order valence-electron chi connectivity index (χ4n) is 3.95. The van der Waals surface area contributed by atoms with Crippen LogP contribution in [-0.2, 0) is 20.6 Å². The lowest BCUT2D eigenvalue weighted by Gasteiger charge is -2.10. The highest BCUT2D eigenvalue weighted by Gasteiger charge is 2.21. The third kappa shape index (κ3) is 3.60. The molecule has 0 saturated carbocycles. The van der Waals surface area contributed by atoms with Gasteiger partial charge in [0.25, 0.3) is 5.56 Å². The summed E-state index contributed by atoms with van der Waals surface area (Å²) in [5.41, 5.74) is 2.70. The molecule has 3 heterocycles. The van der Waals surface area contributed by atoms with E-state index in [1.807, 2.05) is 67.0 Å². The maximum absolute atomic E-state index is 13.2. The second-order valence-corrected chi connectivity index (χ2v) is 8.57. The molecule has 0 N–H and O–H groups in total. The first-order valence-electron chi connectivity index (χ1n) is 10.3. The lowest BCUT2D eigenvalue weighted by Crippen LogP contribution is -2.38. The Balaban J connectivity index is 1.65. The van der Waals surface area contributed by atoms with Crippen LogP contribution in [0.1, 0.15) is 5.89 Å². The molecule has 0 radical (unpaired) electrons. The Morgan fingerprint density at radius 1 is 0.939 bits per heavy atom. The first-order chi connectivity index (χ1) is 16.0. The molecule has 0 fully saturated rings. The zero-order valence-corrected chi connectivity index (χ0v) is 19.2. The summed E-state index contributed by atoms with van der Waals surface area (Å²) in [5.74, 6) is 0.729. The van der Waals surface area contributed by atoms with Crippen molar-refractivity contribution in [1.82, 2.24) is 23.8 Å². The molecule has 5 rings (SSSR count). The molecule has 0 aliphatic heterocycles. The lowest BCUT2D eigenvalue weighted by atomic mass is 10.1. The van der Waals surface area contributed by atoms with Crippen LogP contribution in [-0.4, -0.2) is 30.1 Å². The molecule has 2 aromatic carbocycles. The van der Waals surface area contributed by atoms with Gasteiger partial charge in [-0.15, -0.1) is 11.8 Å². The molecule has 166 valence electrons. The van der Waals surface area contributed by atoms with E-state index in [1.165, 1.54) is 11.6 Å². The van der Waals surface area contributed by atoms with Crippen LogP contribution < -0.4 is 11.2 Å². The highest BCUT2D eigenvalue weighted by atomic mass is 32.2. The molecule has 0 bridgehead atoms. The van der Waals surface area contributed by atoms with Gasteiger partial charge in [0.15, 0.2) is 0 Å². The van der Waals surface area contributed by atoms with E-state index in [1.54, 1.807) is 23.4 Å². The Hall–Kier alpha value is -3.85. The van der Waals surface area contributed by atoms with Gasteiger partial charge < -0.3 is 9.09 Å². The maximum Gasteiger partial charge on any atom is 0.331 e. The summed E-state index contributed by atoms with van der Waals surface area (Å²) in [7, 11) is 3.27. The molecule has 0 aliphatic rings. The number of benzene rings is 2. The Bertz CT molecular complexity index is 1580. The Labute approximate surface area is 193 Å². The van der Waals surface area contributed by atoms with Crippen molar-refractivity contribution in [3.05, 3.63) is 87.5 Å². The van der Waals surface area contributed by atoms with Crippen molar-refractivity contribution in [3.8, 4) is 22.5 Å². The first kappa shape index (κ1) is 21.0. The number of aromatic nitrogens is 5. The van der Waals surface area contributed by atoms with Crippen LogP contribution in [0.2, 0.25) is 0 Å². The molecule has 0 saturated heterocycles. The average molecular weight is 460 g/mol. The van der Waals surface area contributed by atoms with Crippen molar-refractivity contribution in [2.75, 3.05) is 6.26 Å². The number of aryl methyl sites for hydroxylation is 1. The molecule has 5 aromatic rings. The number of hydrogen-bond acceptors (Lipinski definition) is 6. The number of thioether (sulfide) groups is 1. The summed E-state index contributed by atoms with van der Waals surface area (Å²) in [6, 6.07) is 17.5. The fourth-order valence-corrected chi connectivity index (χ4v) is 4.36. The van der Waals surface area contributed by atoms with E-state index in [2.05, 4.69) is 10.1 Å². The van der Waals surface area contributed by atoms with Crippen molar-refractivity contribution in [2.24, 2.45) is 14.1 Å². The Morgan fingerprint density at radius 2 is 1.67 bits per heavy atom. The Kier molecular flexibility index (Phi) is 5.26. The van der Waals surface area contributed by atoms with Crippen molar-refractivity contribution in [1.29, 1.82) is 0 Å². The Morgan fingerprint density at radius 3 is 2.36 bits per heavy atom. The molecule has 0 unspecified atom stereocenters. The summed E-state index contributed by atoms with van der Waals surface area (Å²) in [5, 5.41) is 4.09. The van der Waals surface area contributed by atoms with Gasteiger partial charge in [-0.05, 0) is 36.1 Å². The van der Waals surface area contributed by atoms with Crippen LogP contribution >= 0.6 is 11.8 Å². The first-order valence-corrected chi connectivity index (χ1v) is 11.5. The summed E-state index contributed by atoms with van der Waals surface area (Å²) in [4.78, 5) is 31.7. The van der Waals surface area contributed by atoms with Crippen LogP contribution in [0.25, 0.3) is 33.5 Å². The second-order valence-electron chi connectivity index (χ2n) is 7.69. The van der Waals surface area contributed by atoms with E-state index >= 15 is 0 Å². The second kappa shape index (κ2) is 8.25. The number of nitrogens with zero attached hydrogens (tertiary/aromatic N) is 5. The highest BCUT2D eigenvalue weighted by Crippen LogP contribution is 2.28. The molecule has 33 heavy (non-hydrogen) atoms. The largest absolute Gasteiger partial charge is 0.344 e. The fraction of sp³-hybridized carbons (Fsp3) is 0.167. The smallest absolute Gasteiger partial charge is 0.331 e.